The number of halogens is 3. The van der Waals surface area contributed by atoms with Crippen LogP contribution in [0.15, 0.2) is 54.7 Å². The summed E-state index contributed by atoms with van der Waals surface area (Å²) in [5.41, 5.74) is 6.48. The van der Waals surface area contributed by atoms with E-state index in [-0.39, 0.29) is 4.90 Å². The van der Waals surface area contributed by atoms with E-state index in [0.29, 0.717) is 15.8 Å². The Morgan fingerprint density at radius 1 is 0.950 bits per heavy atom. The Morgan fingerprint density at radius 2 is 1.55 bits per heavy atom. The van der Waals surface area contributed by atoms with Gasteiger partial charge in [0.1, 0.15) is 0 Å². The molecule has 0 heterocycles. The van der Waals surface area contributed by atoms with Crippen molar-refractivity contribution in [2.45, 2.75) is 4.90 Å². The van der Waals surface area contributed by atoms with Crippen LogP contribution in [0.2, 0.25) is 0 Å². The first-order valence-electron chi connectivity index (χ1n) is 5.32. The quantitative estimate of drug-likeness (QED) is 0.636. The van der Waals surface area contributed by atoms with Crippen molar-refractivity contribution in [3.63, 3.8) is 0 Å². The SMILES string of the molecule is Nc1cc(Br)cc(Br)c1NS(=O)(=O)c1ccc(Br)cc1. The average Bonchev–Trinajstić information content (AvgIpc) is 2.34. The zero-order valence-electron chi connectivity index (χ0n) is 9.90. The van der Waals surface area contributed by atoms with Gasteiger partial charge in [-0.05, 0) is 52.3 Å². The molecule has 0 unspecified atom stereocenters. The van der Waals surface area contributed by atoms with E-state index >= 15 is 0 Å². The maximum Gasteiger partial charge on any atom is 0.261 e. The Labute approximate surface area is 142 Å². The van der Waals surface area contributed by atoms with Crippen molar-refractivity contribution in [1.29, 1.82) is 0 Å². The summed E-state index contributed by atoms with van der Waals surface area (Å²) in [6, 6.07) is 9.69. The van der Waals surface area contributed by atoms with Gasteiger partial charge < -0.3 is 5.73 Å². The van der Waals surface area contributed by atoms with E-state index in [2.05, 4.69) is 52.5 Å². The molecule has 3 N–H and O–H groups in total. The molecule has 0 aliphatic heterocycles. The van der Waals surface area contributed by atoms with Gasteiger partial charge in [-0.1, -0.05) is 31.9 Å². The van der Waals surface area contributed by atoms with E-state index in [9.17, 15) is 8.42 Å². The predicted molar refractivity (Wildman–Crippen MR) is 91.2 cm³/mol. The largest absolute Gasteiger partial charge is 0.397 e. The van der Waals surface area contributed by atoms with Crippen molar-refractivity contribution in [2.24, 2.45) is 0 Å². The van der Waals surface area contributed by atoms with Crippen LogP contribution >= 0.6 is 47.8 Å². The van der Waals surface area contributed by atoms with Crippen molar-refractivity contribution < 1.29 is 8.42 Å². The summed E-state index contributed by atoms with van der Waals surface area (Å²) in [7, 11) is -3.68. The fraction of sp³-hybridized carbons (Fsp3) is 0. The molecule has 20 heavy (non-hydrogen) atoms. The molecular formula is C12H9Br3N2O2S. The Bertz CT molecular complexity index is 723. The lowest BCUT2D eigenvalue weighted by Crippen LogP contribution is -2.14. The molecule has 2 aromatic carbocycles. The first kappa shape index (κ1) is 15.8. The van der Waals surface area contributed by atoms with Gasteiger partial charge in [0.15, 0.2) is 0 Å². The number of nitrogens with one attached hydrogen (secondary N) is 1. The Morgan fingerprint density at radius 3 is 2.10 bits per heavy atom. The molecule has 0 saturated heterocycles. The number of rotatable bonds is 3. The summed E-state index contributed by atoms with van der Waals surface area (Å²) in [5, 5.41) is 0. The number of anilines is 2. The molecule has 0 radical (unpaired) electrons. The molecule has 106 valence electrons. The molecule has 8 heteroatoms. The van der Waals surface area contributed by atoms with Gasteiger partial charge in [-0.15, -0.1) is 0 Å². The maximum atomic E-state index is 12.3. The first-order chi connectivity index (χ1) is 9.29. The van der Waals surface area contributed by atoms with Gasteiger partial charge in [0.05, 0.1) is 16.3 Å². The predicted octanol–water partition coefficient (Wildman–Crippen LogP) is 4.36. The normalized spacial score (nSPS) is 11.3. The third-order valence-electron chi connectivity index (χ3n) is 2.45. The molecule has 0 amide bonds. The zero-order valence-corrected chi connectivity index (χ0v) is 15.5. The van der Waals surface area contributed by atoms with Gasteiger partial charge in [-0.2, -0.15) is 0 Å². The number of nitrogens with two attached hydrogens (primary N) is 1. The average molecular weight is 485 g/mol. The van der Waals surface area contributed by atoms with Crippen molar-refractivity contribution >= 4 is 69.2 Å². The van der Waals surface area contributed by atoms with Crippen molar-refractivity contribution in [3.05, 3.63) is 49.8 Å². The van der Waals surface area contributed by atoms with Crippen LogP contribution in [-0.4, -0.2) is 8.42 Å². The zero-order chi connectivity index (χ0) is 14.9. The minimum atomic E-state index is -3.68. The van der Waals surface area contributed by atoms with Gasteiger partial charge in [0.2, 0.25) is 0 Å². The molecule has 4 nitrogen and oxygen atoms in total. The minimum Gasteiger partial charge on any atom is -0.397 e. The van der Waals surface area contributed by atoms with Crippen LogP contribution in [0.5, 0.6) is 0 Å². The highest BCUT2D eigenvalue weighted by Gasteiger charge is 2.17. The summed E-state index contributed by atoms with van der Waals surface area (Å²) in [6.45, 7) is 0. The Hall–Kier alpha value is -0.570. The highest BCUT2D eigenvalue weighted by Crippen LogP contribution is 2.34. The van der Waals surface area contributed by atoms with E-state index in [1.54, 1.807) is 24.3 Å². The summed E-state index contributed by atoms with van der Waals surface area (Å²) < 4.78 is 29.2. The van der Waals surface area contributed by atoms with Crippen molar-refractivity contribution in [3.8, 4) is 0 Å². The van der Waals surface area contributed by atoms with Gasteiger partial charge in [-0.3, -0.25) is 4.72 Å². The molecule has 2 aromatic rings. The lowest BCUT2D eigenvalue weighted by Gasteiger charge is -2.12. The third kappa shape index (κ3) is 3.55. The monoisotopic (exact) mass is 482 g/mol. The van der Waals surface area contributed by atoms with Crippen LogP contribution in [0.25, 0.3) is 0 Å². The molecule has 0 spiro atoms. The lowest BCUT2D eigenvalue weighted by atomic mass is 10.3. The van der Waals surface area contributed by atoms with Gasteiger partial charge >= 0.3 is 0 Å². The van der Waals surface area contributed by atoms with E-state index in [1.807, 2.05) is 0 Å². The molecule has 0 aliphatic rings. The summed E-state index contributed by atoms with van der Waals surface area (Å²) in [5.74, 6) is 0. The fourth-order valence-electron chi connectivity index (χ4n) is 1.51. The van der Waals surface area contributed by atoms with E-state index in [0.717, 1.165) is 8.95 Å². The number of nitrogen functional groups attached to an aromatic ring is 1. The summed E-state index contributed by atoms with van der Waals surface area (Å²) in [4.78, 5) is 0.162. The number of sulfonamides is 1. The third-order valence-corrected chi connectivity index (χ3v) is 5.42. The Balaban J connectivity index is 2.41. The topological polar surface area (TPSA) is 72.2 Å². The van der Waals surface area contributed by atoms with E-state index < -0.39 is 10.0 Å². The molecule has 0 fully saturated rings. The van der Waals surface area contributed by atoms with Gasteiger partial charge in [0.25, 0.3) is 10.0 Å². The maximum absolute atomic E-state index is 12.3. The van der Waals surface area contributed by atoms with Crippen LogP contribution in [0.1, 0.15) is 0 Å². The number of benzene rings is 2. The molecule has 0 atom stereocenters. The number of hydrogen-bond donors (Lipinski definition) is 2. The standard InChI is InChI=1S/C12H9Br3N2O2S/c13-7-1-3-9(4-2-7)20(18,19)17-12-10(15)5-8(14)6-11(12)16/h1-6,17H,16H2. The molecule has 0 saturated carbocycles. The van der Waals surface area contributed by atoms with Crippen molar-refractivity contribution in [1.82, 2.24) is 0 Å². The molecule has 0 aliphatic carbocycles. The van der Waals surface area contributed by atoms with E-state index in [4.69, 9.17) is 5.73 Å². The van der Waals surface area contributed by atoms with Gasteiger partial charge in [0, 0.05) is 13.4 Å². The molecular weight excluding hydrogens is 476 g/mol. The smallest absolute Gasteiger partial charge is 0.261 e. The minimum absolute atomic E-state index is 0.162. The Kier molecular flexibility index (Phi) is 4.78. The van der Waals surface area contributed by atoms with Crippen LogP contribution in [0, 0.1) is 0 Å². The van der Waals surface area contributed by atoms with Crippen LogP contribution in [0.3, 0.4) is 0 Å². The van der Waals surface area contributed by atoms with Crippen LogP contribution < -0.4 is 10.5 Å². The second-order valence-corrected chi connectivity index (χ2v) is 8.28. The van der Waals surface area contributed by atoms with Crippen LogP contribution in [-0.2, 0) is 10.0 Å². The highest BCUT2D eigenvalue weighted by atomic mass is 79.9. The van der Waals surface area contributed by atoms with Crippen molar-refractivity contribution in [2.75, 3.05) is 10.5 Å². The number of hydrogen-bond acceptors (Lipinski definition) is 3. The van der Waals surface area contributed by atoms with Crippen LogP contribution in [0.4, 0.5) is 11.4 Å². The second-order valence-electron chi connectivity index (χ2n) is 3.91. The fourth-order valence-corrected chi connectivity index (χ4v) is 4.37. The van der Waals surface area contributed by atoms with Gasteiger partial charge in [-0.25, -0.2) is 8.42 Å². The summed E-state index contributed by atoms with van der Waals surface area (Å²) >= 11 is 9.84. The molecule has 2 rings (SSSR count). The second kappa shape index (κ2) is 6.05. The lowest BCUT2D eigenvalue weighted by molar-refractivity contribution is 0.601. The highest BCUT2D eigenvalue weighted by molar-refractivity contribution is 9.11. The summed E-state index contributed by atoms with van der Waals surface area (Å²) in [6.07, 6.45) is 0. The first-order valence-corrected chi connectivity index (χ1v) is 9.19. The molecule has 0 aromatic heterocycles. The van der Waals surface area contributed by atoms with E-state index in [1.165, 1.54) is 12.1 Å². The molecule has 0 bridgehead atoms.